The molecule has 1 aliphatic heterocycles. The highest BCUT2D eigenvalue weighted by Gasteiger charge is 2.33. The highest BCUT2D eigenvalue weighted by atomic mass is 16.3. The van der Waals surface area contributed by atoms with Crippen molar-refractivity contribution in [1.29, 1.82) is 0 Å². The topological polar surface area (TPSA) is 43.8 Å². The van der Waals surface area contributed by atoms with Gasteiger partial charge in [0, 0.05) is 31.9 Å². The summed E-state index contributed by atoms with van der Waals surface area (Å²) in [6.07, 6.45) is 1.30. The standard InChI is InChI=1S/C14H20N2O2/c1-4-5-8-15(2)10-6-7-11-12(9-10)16(3)14(18)13(11)17/h6-7,9,13,17H,4-5,8H2,1-3H3. The van der Waals surface area contributed by atoms with Crippen molar-refractivity contribution in [3.63, 3.8) is 0 Å². The maximum absolute atomic E-state index is 11.7. The lowest BCUT2D eigenvalue weighted by atomic mass is 10.1. The molecule has 1 aromatic carbocycles. The summed E-state index contributed by atoms with van der Waals surface area (Å²) < 4.78 is 0. The Hall–Kier alpha value is -1.55. The first-order chi connectivity index (χ1) is 8.56. The first kappa shape index (κ1) is 12.9. The van der Waals surface area contributed by atoms with Gasteiger partial charge in [0.25, 0.3) is 5.91 Å². The Bertz CT molecular complexity index is 459. The van der Waals surface area contributed by atoms with Crippen LogP contribution in [0.25, 0.3) is 0 Å². The van der Waals surface area contributed by atoms with Gasteiger partial charge in [-0.05, 0) is 18.6 Å². The summed E-state index contributed by atoms with van der Waals surface area (Å²) in [5, 5.41) is 9.79. The molecule has 1 aliphatic rings. The lowest BCUT2D eigenvalue weighted by molar-refractivity contribution is -0.125. The predicted molar refractivity (Wildman–Crippen MR) is 73.0 cm³/mol. The molecule has 18 heavy (non-hydrogen) atoms. The number of amides is 1. The zero-order valence-electron chi connectivity index (χ0n) is 11.2. The van der Waals surface area contributed by atoms with E-state index < -0.39 is 6.10 Å². The first-order valence-electron chi connectivity index (χ1n) is 6.37. The van der Waals surface area contributed by atoms with Gasteiger partial charge in [0.1, 0.15) is 0 Å². The number of rotatable bonds is 4. The third-order valence-electron chi connectivity index (χ3n) is 3.52. The van der Waals surface area contributed by atoms with E-state index in [4.69, 9.17) is 0 Å². The van der Waals surface area contributed by atoms with Crippen LogP contribution in [0.1, 0.15) is 31.4 Å². The van der Waals surface area contributed by atoms with Crippen molar-refractivity contribution in [3.8, 4) is 0 Å². The number of likely N-dealkylation sites (N-methyl/N-ethyl adjacent to an activating group) is 1. The molecule has 1 aromatic rings. The number of carbonyl (C=O) groups is 1. The van der Waals surface area contributed by atoms with Crippen molar-refractivity contribution in [1.82, 2.24) is 0 Å². The predicted octanol–water partition coefficient (Wildman–Crippen LogP) is 1.93. The number of hydrogen-bond acceptors (Lipinski definition) is 3. The van der Waals surface area contributed by atoms with Crippen LogP contribution < -0.4 is 9.80 Å². The highest BCUT2D eigenvalue weighted by Crippen LogP contribution is 2.37. The molecule has 1 unspecified atom stereocenters. The van der Waals surface area contributed by atoms with Gasteiger partial charge in [-0.2, -0.15) is 0 Å². The van der Waals surface area contributed by atoms with Crippen molar-refractivity contribution in [2.45, 2.75) is 25.9 Å². The smallest absolute Gasteiger partial charge is 0.260 e. The number of aliphatic hydroxyl groups excluding tert-OH is 1. The molecule has 98 valence electrons. The molecule has 4 heteroatoms. The fourth-order valence-corrected chi connectivity index (χ4v) is 2.25. The maximum atomic E-state index is 11.7. The number of anilines is 2. The second-order valence-corrected chi connectivity index (χ2v) is 4.82. The Labute approximate surface area is 108 Å². The second kappa shape index (κ2) is 4.98. The van der Waals surface area contributed by atoms with Crippen LogP contribution in [-0.2, 0) is 4.79 Å². The van der Waals surface area contributed by atoms with Gasteiger partial charge in [0.15, 0.2) is 6.10 Å². The molecule has 1 N–H and O–H groups in total. The molecule has 0 spiro atoms. The molecule has 0 radical (unpaired) electrons. The van der Waals surface area contributed by atoms with Gasteiger partial charge in [0.05, 0.1) is 5.69 Å². The Kier molecular flexibility index (Phi) is 3.57. The monoisotopic (exact) mass is 248 g/mol. The van der Waals surface area contributed by atoms with Crippen LogP contribution in [0.4, 0.5) is 11.4 Å². The van der Waals surface area contributed by atoms with E-state index in [-0.39, 0.29) is 5.91 Å². The first-order valence-corrected chi connectivity index (χ1v) is 6.37. The van der Waals surface area contributed by atoms with Crippen molar-refractivity contribution >= 4 is 17.3 Å². The summed E-state index contributed by atoms with van der Waals surface area (Å²) in [7, 11) is 3.75. The molecule has 1 heterocycles. The van der Waals surface area contributed by atoms with E-state index in [0.29, 0.717) is 5.56 Å². The lowest BCUT2D eigenvalue weighted by Crippen LogP contribution is -2.23. The SMILES string of the molecule is CCCCN(C)c1ccc2c(c1)N(C)C(=O)C2O. The zero-order chi connectivity index (χ0) is 13.3. The Morgan fingerprint density at radius 2 is 2.17 bits per heavy atom. The molecule has 1 amide bonds. The van der Waals surface area contributed by atoms with Gasteiger partial charge in [-0.25, -0.2) is 0 Å². The molecule has 0 bridgehead atoms. The quantitative estimate of drug-likeness (QED) is 0.885. The minimum Gasteiger partial charge on any atom is -0.378 e. The molecule has 0 aromatic heterocycles. The molecule has 0 aliphatic carbocycles. The summed E-state index contributed by atoms with van der Waals surface area (Å²) >= 11 is 0. The van der Waals surface area contributed by atoms with Crippen molar-refractivity contribution in [2.24, 2.45) is 0 Å². The van der Waals surface area contributed by atoms with Crippen molar-refractivity contribution in [3.05, 3.63) is 23.8 Å². The van der Waals surface area contributed by atoms with E-state index in [2.05, 4.69) is 11.8 Å². The summed E-state index contributed by atoms with van der Waals surface area (Å²) in [6.45, 7) is 3.16. The van der Waals surface area contributed by atoms with Crippen LogP contribution in [0.5, 0.6) is 0 Å². The number of carbonyl (C=O) groups excluding carboxylic acids is 1. The van der Waals surface area contributed by atoms with Gasteiger partial charge in [-0.1, -0.05) is 19.4 Å². The van der Waals surface area contributed by atoms with Gasteiger partial charge in [-0.15, -0.1) is 0 Å². The van der Waals surface area contributed by atoms with Gasteiger partial charge >= 0.3 is 0 Å². The zero-order valence-corrected chi connectivity index (χ0v) is 11.2. The Morgan fingerprint density at radius 3 is 2.83 bits per heavy atom. The van der Waals surface area contributed by atoms with E-state index in [1.165, 1.54) is 4.90 Å². The van der Waals surface area contributed by atoms with Gasteiger partial charge < -0.3 is 14.9 Å². The fraction of sp³-hybridized carbons (Fsp3) is 0.500. The van der Waals surface area contributed by atoms with E-state index in [1.54, 1.807) is 7.05 Å². The Balaban J connectivity index is 2.26. The van der Waals surface area contributed by atoms with Crippen LogP contribution in [-0.4, -0.2) is 31.7 Å². The number of benzene rings is 1. The number of aliphatic hydroxyl groups is 1. The molecule has 0 saturated carbocycles. The molecule has 4 nitrogen and oxygen atoms in total. The van der Waals surface area contributed by atoms with Crippen LogP contribution in [0, 0.1) is 0 Å². The third kappa shape index (κ3) is 2.08. The molecule has 2 rings (SSSR count). The molecular weight excluding hydrogens is 228 g/mol. The fourth-order valence-electron chi connectivity index (χ4n) is 2.25. The number of hydrogen-bond donors (Lipinski definition) is 1. The average molecular weight is 248 g/mol. The summed E-state index contributed by atoms with van der Waals surface area (Å²) in [5.74, 6) is -0.252. The maximum Gasteiger partial charge on any atom is 0.260 e. The highest BCUT2D eigenvalue weighted by molar-refractivity contribution is 6.03. The van der Waals surface area contributed by atoms with Crippen LogP contribution in [0.2, 0.25) is 0 Å². The van der Waals surface area contributed by atoms with Crippen molar-refractivity contribution < 1.29 is 9.90 Å². The third-order valence-corrected chi connectivity index (χ3v) is 3.52. The lowest BCUT2D eigenvalue weighted by Gasteiger charge is -2.20. The molecule has 0 fully saturated rings. The van der Waals surface area contributed by atoms with Crippen LogP contribution >= 0.6 is 0 Å². The number of unbranched alkanes of at least 4 members (excludes halogenated alkanes) is 1. The molecule has 1 atom stereocenters. The Morgan fingerprint density at radius 1 is 1.44 bits per heavy atom. The van der Waals surface area contributed by atoms with E-state index in [1.807, 2.05) is 25.2 Å². The summed E-state index contributed by atoms with van der Waals surface area (Å²) in [4.78, 5) is 15.4. The van der Waals surface area contributed by atoms with Crippen LogP contribution in [0.3, 0.4) is 0 Å². The van der Waals surface area contributed by atoms with E-state index in [0.717, 1.165) is 30.8 Å². The van der Waals surface area contributed by atoms with Crippen LogP contribution in [0.15, 0.2) is 18.2 Å². The van der Waals surface area contributed by atoms with Crippen molar-refractivity contribution in [2.75, 3.05) is 30.4 Å². The second-order valence-electron chi connectivity index (χ2n) is 4.82. The van der Waals surface area contributed by atoms with E-state index in [9.17, 15) is 9.90 Å². The minimum absolute atomic E-state index is 0.252. The molecule has 0 saturated heterocycles. The summed E-state index contributed by atoms with van der Waals surface area (Å²) in [6, 6.07) is 5.78. The summed E-state index contributed by atoms with van der Waals surface area (Å²) in [5.41, 5.74) is 2.60. The number of nitrogens with zero attached hydrogens (tertiary/aromatic N) is 2. The van der Waals surface area contributed by atoms with Gasteiger partial charge in [0.2, 0.25) is 0 Å². The molecular formula is C14H20N2O2. The van der Waals surface area contributed by atoms with Gasteiger partial charge in [-0.3, -0.25) is 4.79 Å². The van der Waals surface area contributed by atoms with E-state index >= 15 is 0 Å². The normalized spacial score (nSPS) is 18.1. The average Bonchev–Trinajstić information content (AvgIpc) is 2.61. The largest absolute Gasteiger partial charge is 0.378 e. The number of fused-ring (bicyclic) bond motifs is 1. The minimum atomic E-state index is -1.00.